The van der Waals surface area contributed by atoms with Gasteiger partial charge in [0.1, 0.15) is 5.75 Å². The van der Waals surface area contributed by atoms with E-state index in [4.69, 9.17) is 9.47 Å². The zero-order valence-corrected chi connectivity index (χ0v) is 28.4. The number of carbonyl (C=O) groups is 2. The molecule has 0 bridgehead atoms. The van der Waals surface area contributed by atoms with Crippen molar-refractivity contribution in [1.82, 2.24) is 19.4 Å². The molecule has 13 nitrogen and oxygen atoms in total. The lowest BCUT2D eigenvalue weighted by Crippen LogP contribution is -2.48. The fourth-order valence-electron chi connectivity index (χ4n) is 5.28. The molecule has 3 aromatic rings. The molecule has 2 aromatic carbocycles. The first-order valence-corrected chi connectivity index (χ1v) is 17.3. The summed E-state index contributed by atoms with van der Waals surface area (Å²) in [7, 11) is -0.664. The summed E-state index contributed by atoms with van der Waals surface area (Å²) in [5.74, 6) is -0.379. The number of hydrogen-bond donors (Lipinski definition) is 3. The molecule has 47 heavy (non-hydrogen) atoms. The quantitative estimate of drug-likeness (QED) is 0.323. The number of nitrogens with zero attached hydrogens (tertiary/aromatic N) is 4. The van der Waals surface area contributed by atoms with Crippen molar-refractivity contribution in [2.24, 2.45) is 13.0 Å². The molecule has 0 saturated heterocycles. The largest absolute Gasteiger partial charge is 0.490 e. The number of sulfonamides is 1. The van der Waals surface area contributed by atoms with Crippen LogP contribution in [0.4, 0.5) is 16.2 Å². The standard InChI is InChI=1S/C33H46N6O7S/c1-23-18-39(24(2)21-40)32(41)28-17-27(36-47(43,44)31-20-37(4)22-34-31)14-15-29(28)46-25(3)11-9-10-16-45-30(23)19-38(5)33(42)35-26-12-7-6-8-13-26/h6-8,12-15,17,20,22-25,30,36,40H,9-11,16,18-19,21H2,1-5H3,(H,35,42)/t23-,24+,25-,30+/m1/s1. The molecule has 0 radical (unpaired) electrons. The van der Waals surface area contributed by atoms with E-state index in [0.29, 0.717) is 24.5 Å². The molecular weight excluding hydrogens is 624 g/mol. The van der Waals surface area contributed by atoms with E-state index in [2.05, 4.69) is 15.0 Å². The summed E-state index contributed by atoms with van der Waals surface area (Å²) in [5, 5.41) is 12.9. The zero-order valence-electron chi connectivity index (χ0n) is 27.6. The molecule has 0 fully saturated rings. The number of carbonyl (C=O) groups excluding carboxylic acids is 2. The van der Waals surface area contributed by atoms with E-state index >= 15 is 0 Å². The van der Waals surface area contributed by atoms with Crippen LogP contribution >= 0.6 is 0 Å². The highest BCUT2D eigenvalue weighted by atomic mass is 32.2. The number of hydrogen-bond acceptors (Lipinski definition) is 8. The minimum absolute atomic E-state index is 0.152. The van der Waals surface area contributed by atoms with Gasteiger partial charge in [-0.3, -0.25) is 9.52 Å². The zero-order chi connectivity index (χ0) is 34.1. The number of aromatic nitrogens is 2. The second kappa shape index (κ2) is 16.1. The normalized spacial score (nSPS) is 20.3. The monoisotopic (exact) mass is 670 g/mol. The molecule has 1 aliphatic rings. The third-order valence-electron chi connectivity index (χ3n) is 8.09. The van der Waals surface area contributed by atoms with Gasteiger partial charge >= 0.3 is 6.03 Å². The Bertz CT molecular complexity index is 1600. The van der Waals surface area contributed by atoms with Crippen LogP contribution in [-0.4, -0.2) is 96.4 Å². The van der Waals surface area contributed by atoms with Gasteiger partial charge < -0.3 is 34.3 Å². The Morgan fingerprint density at radius 3 is 2.57 bits per heavy atom. The molecule has 0 aliphatic carbocycles. The van der Waals surface area contributed by atoms with E-state index in [1.165, 1.54) is 23.2 Å². The van der Waals surface area contributed by atoms with Crippen LogP contribution in [-0.2, 0) is 21.8 Å². The number of imidazole rings is 1. The highest BCUT2D eigenvalue weighted by Gasteiger charge is 2.31. The number of aryl methyl sites for hydroxylation is 1. The molecular formula is C33H46N6O7S. The highest BCUT2D eigenvalue weighted by Crippen LogP contribution is 2.29. The summed E-state index contributed by atoms with van der Waals surface area (Å²) in [4.78, 5) is 34.4. The van der Waals surface area contributed by atoms with E-state index in [9.17, 15) is 23.1 Å². The number of amides is 3. The van der Waals surface area contributed by atoms with Crippen molar-refractivity contribution < 1.29 is 32.6 Å². The van der Waals surface area contributed by atoms with Crippen molar-refractivity contribution in [3.05, 3.63) is 66.6 Å². The van der Waals surface area contributed by atoms with E-state index in [1.807, 2.05) is 44.2 Å². The van der Waals surface area contributed by atoms with E-state index < -0.39 is 28.1 Å². The molecule has 0 saturated carbocycles. The van der Waals surface area contributed by atoms with Gasteiger partial charge in [-0.25, -0.2) is 9.78 Å². The molecule has 0 spiro atoms. The Balaban J connectivity index is 1.62. The second-order valence-electron chi connectivity index (χ2n) is 12.2. The molecule has 3 amide bonds. The molecule has 4 atom stereocenters. The van der Waals surface area contributed by atoms with Gasteiger partial charge in [-0.05, 0) is 63.4 Å². The number of urea groups is 1. The number of nitrogens with one attached hydrogen (secondary N) is 2. The average molecular weight is 671 g/mol. The lowest BCUT2D eigenvalue weighted by atomic mass is 10.0. The maximum absolute atomic E-state index is 14.3. The van der Waals surface area contributed by atoms with Crippen molar-refractivity contribution in [1.29, 1.82) is 0 Å². The van der Waals surface area contributed by atoms with Crippen LogP contribution in [0.5, 0.6) is 5.75 Å². The molecule has 0 unspecified atom stereocenters. The summed E-state index contributed by atoms with van der Waals surface area (Å²) in [6.07, 6.45) is 4.38. The lowest BCUT2D eigenvalue weighted by Gasteiger charge is -2.35. The minimum Gasteiger partial charge on any atom is -0.490 e. The smallest absolute Gasteiger partial charge is 0.321 e. The number of fused-ring (bicyclic) bond motifs is 1. The lowest BCUT2D eigenvalue weighted by molar-refractivity contribution is -0.0115. The van der Waals surface area contributed by atoms with Crippen LogP contribution < -0.4 is 14.8 Å². The Morgan fingerprint density at radius 1 is 1.15 bits per heavy atom. The Labute approximate surface area is 276 Å². The Hall–Kier alpha value is -4.14. The van der Waals surface area contributed by atoms with Gasteiger partial charge in [-0.2, -0.15) is 8.42 Å². The van der Waals surface area contributed by atoms with E-state index in [-0.39, 0.29) is 54.0 Å². The van der Waals surface area contributed by atoms with Gasteiger partial charge in [-0.1, -0.05) is 25.1 Å². The third kappa shape index (κ3) is 9.69. The van der Waals surface area contributed by atoms with Crippen LogP contribution in [0.15, 0.2) is 66.1 Å². The van der Waals surface area contributed by atoms with E-state index in [1.54, 1.807) is 43.0 Å². The van der Waals surface area contributed by atoms with Gasteiger partial charge in [0, 0.05) is 57.3 Å². The third-order valence-corrected chi connectivity index (χ3v) is 9.35. The average Bonchev–Trinajstić information content (AvgIpc) is 3.50. The van der Waals surface area contributed by atoms with Crippen molar-refractivity contribution in [2.75, 3.05) is 43.4 Å². The molecule has 256 valence electrons. The van der Waals surface area contributed by atoms with Crippen LogP contribution in [0, 0.1) is 5.92 Å². The fourth-order valence-corrected chi connectivity index (χ4v) is 6.31. The summed E-state index contributed by atoms with van der Waals surface area (Å²) in [6, 6.07) is 12.9. The van der Waals surface area contributed by atoms with Crippen LogP contribution in [0.2, 0.25) is 0 Å². The van der Waals surface area contributed by atoms with Gasteiger partial charge in [0.25, 0.3) is 15.9 Å². The van der Waals surface area contributed by atoms with Crippen LogP contribution in [0.1, 0.15) is 50.4 Å². The molecule has 1 aliphatic heterocycles. The first-order chi connectivity index (χ1) is 22.4. The first-order valence-electron chi connectivity index (χ1n) is 15.8. The van der Waals surface area contributed by atoms with Gasteiger partial charge in [0.15, 0.2) is 5.03 Å². The molecule has 14 heteroatoms. The Morgan fingerprint density at radius 2 is 1.89 bits per heavy atom. The second-order valence-corrected chi connectivity index (χ2v) is 13.8. The number of ether oxygens (including phenoxy) is 2. The summed E-state index contributed by atoms with van der Waals surface area (Å²) in [5.41, 5.74) is 0.992. The summed E-state index contributed by atoms with van der Waals surface area (Å²) >= 11 is 0. The SMILES string of the molecule is C[C@@H]1CCCCO[C@@H](CN(C)C(=O)Nc2ccccc2)[C@H](C)CN([C@@H](C)CO)C(=O)c2cc(NS(=O)(=O)c3cn(C)cn3)ccc2O1. The summed E-state index contributed by atoms with van der Waals surface area (Å²) in [6.45, 7) is 6.22. The molecule has 1 aromatic heterocycles. The molecule has 3 N–H and O–H groups in total. The predicted octanol–water partition coefficient (Wildman–Crippen LogP) is 4.18. The number of benzene rings is 2. The Kier molecular flexibility index (Phi) is 12.2. The van der Waals surface area contributed by atoms with Crippen molar-refractivity contribution in [2.45, 2.75) is 63.3 Å². The predicted molar refractivity (Wildman–Crippen MR) is 179 cm³/mol. The van der Waals surface area contributed by atoms with Crippen molar-refractivity contribution >= 4 is 33.3 Å². The number of aliphatic hydroxyl groups is 1. The maximum Gasteiger partial charge on any atom is 0.321 e. The highest BCUT2D eigenvalue weighted by molar-refractivity contribution is 7.92. The topological polar surface area (TPSA) is 155 Å². The number of para-hydroxylation sites is 1. The van der Waals surface area contributed by atoms with Gasteiger partial charge in [0.2, 0.25) is 0 Å². The van der Waals surface area contributed by atoms with Gasteiger partial charge in [0.05, 0.1) is 36.7 Å². The fraction of sp³-hybridized carbons (Fsp3) is 0.485. The summed E-state index contributed by atoms with van der Waals surface area (Å²) < 4.78 is 42.7. The van der Waals surface area contributed by atoms with Crippen molar-refractivity contribution in [3.63, 3.8) is 0 Å². The maximum atomic E-state index is 14.3. The molecule has 4 rings (SSSR count). The number of rotatable bonds is 8. The first kappa shape index (κ1) is 35.7. The van der Waals surface area contributed by atoms with Crippen molar-refractivity contribution in [3.8, 4) is 5.75 Å². The minimum atomic E-state index is -4.03. The number of anilines is 2. The number of likely N-dealkylation sites (N-methyl/N-ethyl adjacent to an activating group) is 1. The van der Waals surface area contributed by atoms with Gasteiger partial charge in [-0.15, -0.1) is 0 Å². The van der Waals surface area contributed by atoms with Crippen LogP contribution in [0.3, 0.4) is 0 Å². The molecule has 2 heterocycles. The van der Waals surface area contributed by atoms with Crippen LogP contribution in [0.25, 0.3) is 0 Å². The number of aliphatic hydroxyl groups excluding tert-OH is 1. The van der Waals surface area contributed by atoms with E-state index in [0.717, 1.165) is 12.8 Å².